The molecule has 0 unspecified atom stereocenters. The van der Waals surface area contributed by atoms with E-state index in [0.29, 0.717) is 6.61 Å². The second-order valence-electron chi connectivity index (χ2n) is 3.40. The van der Waals surface area contributed by atoms with E-state index in [-0.39, 0.29) is 21.5 Å². The van der Waals surface area contributed by atoms with Crippen LogP contribution in [0.3, 0.4) is 0 Å². The van der Waals surface area contributed by atoms with Gasteiger partial charge in [-0.2, -0.15) is 8.78 Å². The molecular formula is C12H12BrF2NO4. The fourth-order valence-corrected chi connectivity index (χ4v) is 1.82. The predicted molar refractivity (Wildman–Crippen MR) is 70.6 cm³/mol. The molecule has 1 heterocycles. The Morgan fingerprint density at radius 1 is 1.55 bits per heavy atom. The monoisotopic (exact) mass is 351 g/mol. The summed E-state index contributed by atoms with van der Waals surface area (Å²) in [7, 11) is 1.11. The van der Waals surface area contributed by atoms with Crippen LogP contribution in [0, 0.1) is 0 Å². The zero-order chi connectivity index (χ0) is 15.3. The fraction of sp³-hybridized carbons (Fsp3) is 0.333. The molecule has 1 aromatic rings. The topological polar surface area (TPSA) is 57.7 Å². The Hall–Kier alpha value is -1.70. The number of esters is 1. The molecule has 0 amide bonds. The van der Waals surface area contributed by atoms with Crippen LogP contribution in [-0.2, 0) is 9.47 Å². The molecule has 0 fully saturated rings. The van der Waals surface area contributed by atoms with Crippen LogP contribution in [0.5, 0.6) is 5.88 Å². The van der Waals surface area contributed by atoms with Crippen LogP contribution in [0.25, 0.3) is 5.76 Å². The molecule has 1 rings (SSSR count). The second-order valence-corrected chi connectivity index (χ2v) is 4.21. The number of rotatable bonds is 6. The maximum absolute atomic E-state index is 12.4. The lowest BCUT2D eigenvalue weighted by molar-refractivity contribution is -0.0535. The largest absolute Gasteiger partial charge is 0.494 e. The number of ether oxygens (including phenoxy) is 3. The van der Waals surface area contributed by atoms with Crippen molar-refractivity contribution in [3.05, 3.63) is 28.4 Å². The highest BCUT2D eigenvalue weighted by Crippen LogP contribution is 2.30. The molecule has 1 aromatic heterocycles. The molecular weight excluding hydrogens is 340 g/mol. The standard InChI is InChI=1S/C12H12BrF2NO4/c1-4-19-6(2)7-5-8(13)16-10(20-12(14)15)9(7)11(17)18-3/h5,12H,2,4H2,1,3H3. The van der Waals surface area contributed by atoms with Crippen molar-refractivity contribution in [2.75, 3.05) is 13.7 Å². The van der Waals surface area contributed by atoms with Gasteiger partial charge in [0, 0.05) is 5.56 Å². The molecule has 0 aliphatic carbocycles. The predicted octanol–water partition coefficient (Wildman–Crippen LogP) is 3.24. The summed E-state index contributed by atoms with van der Waals surface area (Å²) in [5.74, 6) is -1.32. The Morgan fingerprint density at radius 2 is 2.20 bits per heavy atom. The van der Waals surface area contributed by atoms with Crippen molar-refractivity contribution in [2.24, 2.45) is 0 Å². The maximum Gasteiger partial charge on any atom is 0.388 e. The van der Waals surface area contributed by atoms with Crippen molar-refractivity contribution in [3.63, 3.8) is 0 Å². The number of aromatic nitrogens is 1. The van der Waals surface area contributed by atoms with E-state index in [9.17, 15) is 13.6 Å². The molecule has 0 aliphatic heterocycles. The summed E-state index contributed by atoms with van der Waals surface area (Å²) in [6.07, 6.45) is 0. The number of carbonyl (C=O) groups is 1. The lowest BCUT2D eigenvalue weighted by Gasteiger charge is -2.15. The van der Waals surface area contributed by atoms with E-state index >= 15 is 0 Å². The molecule has 0 saturated heterocycles. The Labute approximate surface area is 122 Å². The SMILES string of the molecule is C=C(OCC)c1cc(Br)nc(OC(F)F)c1C(=O)OC. The number of methoxy groups -OCH3 is 1. The number of hydrogen-bond donors (Lipinski definition) is 0. The van der Waals surface area contributed by atoms with Gasteiger partial charge in [0.1, 0.15) is 15.9 Å². The number of pyridine rings is 1. The van der Waals surface area contributed by atoms with Gasteiger partial charge in [0.2, 0.25) is 5.88 Å². The quantitative estimate of drug-likeness (QED) is 0.447. The van der Waals surface area contributed by atoms with Crippen molar-refractivity contribution in [2.45, 2.75) is 13.5 Å². The zero-order valence-corrected chi connectivity index (χ0v) is 12.4. The van der Waals surface area contributed by atoms with Crippen LogP contribution >= 0.6 is 15.9 Å². The van der Waals surface area contributed by atoms with Gasteiger partial charge in [-0.15, -0.1) is 0 Å². The smallest absolute Gasteiger partial charge is 0.388 e. The molecule has 0 saturated carbocycles. The number of alkyl halides is 2. The van der Waals surface area contributed by atoms with Gasteiger partial charge in [0.25, 0.3) is 0 Å². The van der Waals surface area contributed by atoms with Gasteiger partial charge < -0.3 is 14.2 Å². The van der Waals surface area contributed by atoms with Crippen LogP contribution in [-0.4, -0.2) is 31.3 Å². The average molecular weight is 352 g/mol. The fourth-order valence-electron chi connectivity index (χ4n) is 1.43. The van der Waals surface area contributed by atoms with E-state index in [1.165, 1.54) is 6.07 Å². The third-order valence-corrected chi connectivity index (χ3v) is 2.57. The minimum absolute atomic E-state index is 0.120. The van der Waals surface area contributed by atoms with E-state index in [4.69, 9.17) is 4.74 Å². The van der Waals surface area contributed by atoms with Crippen LogP contribution in [0.1, 0.15) is 22.8 Å². The maximum atomic E-state index is 12.4. The van der Waals surface area contributed by atoms with Gasteiger partial charge in [0.15, 0.2) is 0 Å². The van der Waals surface area contributed by atoms with Crippen LogP contribution in [0.4, 0.5) is 8.78 Å². The molecule has 0 N–H and O–H groups in total. The first-order valence-corrected chi connectivity index (χ1v) is 6.25. The molecule has 0 bridgehead atoms. The highest BCUT2D eigenvalue weighted by molar-refractivity contribution is 9.10. The number of hydrogen-bond acceptors (Lipinski definition) is 5. The van der Waals surface area contributed by atoms with Gasteiger partial charge >= 0.3 is 12.6 Å². The highest BCUT2D eigenvalue weighted by Gasteiger charge is 2.25. The number of carbonyl (C=O) groups excluding carboxylic acids is 1. The number of halogens is 3. The summed E-state index contributed by atoms with van der Waals surface area (Å²) in [5, 5.41) is 0. The molecule has 110 valence electrons. The summed E-state index contributed by atoms with van der Waals surface area (Å²) < 4.78 is 39.0. The highest BCUT2D eigenvalue weighted by atomic mass is 79.9. The lowest BCUT2D eigenvalue weighted by Crippen LogP contribution is -2.14. The third-order valence-electron chi connectivity index (χ3n) is 2.16. The first-order valence-electron chi connectivity index (χ1n) is 5.46. The van der Waals surface area contributed by atoms with Crippen molar-refractivity contribution < 1.29 is 27.8 Å². The van der Waals surface area contributed by atoms with E-state index in [1.54, 1.807) is 6.92 Å². The Balaban J connectivity index is 3.43. The zero-order valence-electron chi connectivity index (χ0n) is 10.8. The van der Waals surface area contributed by atoms with Gasteiger partial charge in [-0.25, -0.2) is 9.78 Å². The number of nitrogens with zero attached hydrogens (tertiary/aromatic N) is 1. The summed E-state index contributed by atoms with van der Waals surface area (Å²) in [6.45, 7) is 2.51. The van der Waals surface area contributed by atoms with Crippen molar-refractivity contribution in [1.82, 2.24) is 4.98 Å². The lowest BCUT2D eigenvalue weighted by atomic mass is 10.1. The molecule has 0 aliphatic rings. The average Bonchev–Trinajstić information content (AvgIpc) is 2.36. The van der Waals surface area contributed by atoms with Crippen molar-refractivity contribution >= 4 is 27.7 Å². The van der Waals surface area contributed by atoms with Gasteiger partial charge in [-0.1, -0.05) is 6.58 Å². The Morgan fingerprint density at radius 3 is 2.70 bits per heavy atom. The van der Waals surface area contributed by atoms with Gasteiger partial charge in [0.05, 0.1) is 13.7 Å². The van der Waals surface area contributed by atoms with E-state index < -0.39 is 18.5 Å². The summed E-state index contributed by atoms with van der Waals surface area (Å²) in [4.78, 5) is 15.5. The van der Waals surface area contributed by atoms with Crippen LogP contribution in [0.2, 0.25) is 0 Å². The molecule has 0 aromatic carbocycles. The van der Waals surface area contributed by atoms with E-state index in [1.807, 2.05) is 0 Å². The van der Waals surface area contributed by atoms with Crippen molar-refractivity contribution in [1.29, 1.82) is 0 Å². The molecule has 0 atom stereocenters. The Bertz CT molecular complexity index is 522. The third kappa shape index (κ3) is 3.89. The van der Waals surface area contributed by atoms with Crippen LogP contribution in [0.15, 0.2) is 17.2 Å². The molecule has 8 heteroatoms. The molecule has 20 heavy (non-hydrogen) atoms. The van der Waals surface area contributed by atoms with Crippen molar-refractivity contribution in [3.8, 4) is 5.88 Å². The normalized spacial score (nSPS) is 10.3. The first-order chi connectivity index (χ1) is 9.40. The second kappa shape index (κ2) is 7.18. The van der Waals surface area contributed by atoms with Crippen LogP contribution < -0.4 is 4.74 Å². The van der Waals surface area contributed by atoms with E-state index in [0.717, 1.165) is 7.11 Å². The van der Waals surface area contributed by atoms with Gasteiger partial charge in [-0.3, -0.25) is 0 Å². The minimum atomic E-state index is -3.13. The van der Waals surface area contributed by atoms with E-state index in [2.05, 4.69) is 37.0 Å². The Kier molecular flexibility index (Phi) is 5.87. The summed E-state index contributed by atoms with van der Waals surface area (Å²) >= 11 is 3.04. The first kappa shape index (κ1) is 16.4. The summed E-state index contributed by atoms with van der Waals surface area (Å²) in [5.41, 5.74) is -0.106. The molecule has 5 nitrogen and oxygen atoms in total. The minimum Gasteiger partial charge on any atom is -0.494 e. The van der Waals surface area contributed by atoms with Gasteiger partial charge in [-0.05, 0) is 28.9 Å². The molecule has 0 radical (unpaired) electrons. The summed E-state index contributed by atoms with van der Waals surface area (Å²) in [6, 6.07) is 1.41. The molecule has 0 spiro atoms.